The van der Waals surface area contributed by atoms with Crippen LogP contribution in [-0.4, -0.2) is 35.6 Å². The van der Waals surface area contributed by atoms with Crippen molar-refractivity contribution in [3.05, 3.63) is 92.5 Å². The molecule has 0 atom stereocenters. The van der Waals surface area contributed by atoms with E-state index in [0.29, 0.717) is 38.2 Å². The monoisotopic (exact) mass is 638 g/mol. The molecule has 40 heavy (non-hydrogen) atoms. The fourth-order valence-corrected chi connectivity index (χ4v) is 5.02. The number of halogens is 5. The van der Waals surface area contributed by atoms with Crippen LogP contribution in [0.1, 0.15) is 16.7 Å². The minimum atomic E-state index is -4.59. The second-order valence-electron chi connectivity index (χ2n) is 8.34. The summed E-state index contributed by atoms with van der Waals surface area (Å²) in [6.45, 7) is -0.544. The van der Waals surface area contributed by atoms with Crippen molar-refractivity contribution >= 4 is 56.5 Å². The number of anilines is 1. The van der Waals surface area contributed by atoms with Crippen molar-refractivity contribution in [3.63, 3.8) is 0 Å². The number of amides is 3. The molecule has 3 aromatic carbocycles. The standard InChI is InChI=1S/C27H19BrF4N2O5S/c1-38-21-10-16(9-20(28)24(21)39-14-15-5-7-18(29)8-6-15)11-22-25(36)34(26(37)40-22)13-23(35)33-19-4-2-3-17(12-19)27(30,31)32/h2-12H,13-14H2,1H3,(H,33,35)/b22-11-. The van der Waals surface area contributed by atoms with E-state index in [1.807, 2.05) is 0 Å². The maximum absolute atomic E-state index is 13.1. The molecule has 7 nitrogen and oxygen atoms in total. The van der Waals surface area contributed by atoms with Crippen molar-refractivity contribution in [1.29, 1.82) is 0 Å². The Labute approximate surface area is 238 Å². The number of alkyl halides is 3. The molecule has 0 spiro atoms. The molecule has 4 rings (SSSR count). The predicted octanol–water partition coefficient (Wildman–Crippen LogP) is 6.87. The van der Waals surface area contributed by atoms with Gasteiger partial charge in [-0.05, 0) is 87.4 Å². The van der Waals surface area contributed by atoms with Crippen molar-refractivity contribution in [3.8, 4) is 11.5 Å². The number of nitrogens with one attached hydrogen (secondary N) is 1. The van der Waals surface area contributed by atoms with Crippen LogP contribution < -0.4 is 14.8 Å². The molecule has 1 heterocycles. The molecule has 0 saturated carbocycles. The van der Waals surface area contributed by atoms with Crippen molar-refractivity contribution in [2.75, 3.05) is 19.0 Å². The minimum Gasteiger partial charge on any atom is -0.493 e. The zero-order chi connectivity index (χ0) is 29.0. The van der Waals surface area contributed by atoms with E-state index in [9.17, 15) is 31.9 Å². The quantitative estimate of drug-likeness (QED) is 0.214. The van der Waals surface area contributed by atoms with Gasteiger partial charge in [0.25, 0.3) is 11.1 Å². The van der Waals surface area contributed by atoms with Gasteiger partial charge in [0, 0.05) is 5.69 Å². The number of carbonyl (C=O) groups is 3. The van der Waals surface area contributed by atoms with Crippen LogP contribution in [-0.2, 0) is 22.4 Å². The Morgan fingerprint density at radius 3 is 2.50 bits per heavy atom. The van der Waals surface area contributed by atoms with E-state index in [-0.39, 0.29) is 23.0 Å². The Morgan fingerprint density at radius 1 is 1.10 bits per heavy atom. The Bertz CT molecular complexity index is 1500. The van der Waals surface area contributed by atoms with Crippen LogP contribution in [0, 0.1) is 5.82 Å². The molecule has 0 aliphatic carbocycles. The third-order valence-electron chi connectivity index (χ3n) is 5.49. The van der Waals surface area contributed by atoms with Gasteiger partial charge in [-0.3, -0.25) is 19.3 Å². The van der Waals surface area contributed by atoms with Gasteiger partial charge in [0.15, 0.2) is 11.5 Å². The van der Waals surface area contributed by atoms with E-state index in [1.54, 1.807) is 24.3 Å². The number of thioether (sulfide) groups is 1. The van der Waals surface area contributed by atoms with E-state index in [4.69, 9.17) is 9.47 Å². The maximum Gasteiger partial charge on any atom is 0.416 e. The highest BCUT2D eigenvalue weighted by Crippen LogP contribution is 2.39. The lowest BCUT2D eigenvalue weighted by molar-refractivity contribution is -0.137. The van der Waals surface area contributed by atoms with Crippen molar-refractivity contribution < 1.29 is 41.4 Å². The predicted molar refractivity (Wildman–Crippen MR) is 144 cm³/mol. The molecule has 0 radical (unpaired) electrons. The Hall–Kier alpha value is -3.84. The smallest absolute Gasteiger partial charge is 0.416 e. The molecule has 1 saturated heterocycles. The average molecular weight is 639 g/mol. The van der Waals surface area contributed by atoms with Crippen LogP contribution in [0.5, 0.6) is 11.5 Å². The van der Waals surface area contributed by atoms with Gasteiger partial charge < -0.3 is 14.8 Å². The normalized spacial score (nSPS) is 14.6. The summed E-state index contributed by atoms with van der Waals surface area (Å²) in [6, 6.07) is 13.0. The molecule has 1 aliphatic heterocycles. The molecule has 1 N–H and O–H groups in total. The lowest BCUT2D eigenvalue weighted by Gasteiger charge is -2.14. The summed E-state index contributed by atoms with van der Waals surface area (Å²) >= 11 is 4.02. The number of imide groups is 1. The Morgan fingerprint density at radius 2 is 1.82 bits per heavy atom. The number of carbonyl (C=O) groups excluding carboxylic acids is 3. The molecule has 0 bridgehead atoms. The summed E-state index contributed by atoms with van der Waals surface area (Å²) in [5.74, 6) is -1.26. The van der Waals surface area contributed by atoms with Crippen molar-refractivity contribution in [1.82, 2.24) is 4.90 Å². The van der Waals surface area contributed by atoms with Crippen molar-refractivity contribution in [2.24, 2.45) is 0 Å². The molecule has 0 unspecified atom stereocenters. The fourth-order valence-electron chi connectivity index (χ4n) is 3.60. The average Bonchev–Trinajstić information content (AvgIpc) is 3.15. The largest absolute Gasteiger partial charge is 0.493 e. The topological polar surface area (TPSA) is 84.9 Å². The summed E-state index contributed by atoms with van der Waals surface area (Å²) < 4.78 is 63.6. The van der Waals surface area contributed by atoms with Crippen LogP contribution in [0.25, 0.3) is 6.08 Å². The van der Waals surface area contributed by atoms with Gasteiger partial charge in [-0.2, -0.15) is 13.2 Å². The lowest BCUT2D eigenvalue weighted by atomic mass is 10.1. The van der Waals surface area contributed by atoms with Crippen molar-refractivity contribution in [2.45, 2.75) is 12.8 Å². The van der Waals surface area contributed by atoms with Gasteiger partial charge in [-0.1, -0.05) is 18.2 Å². The molecule has 1 fully saturated rings. The van der Waals surface area contributed by atoms with Gasteiger partial charge in [0.1, 0.15) is 19.0 Å². The third kappa shape index (κ3) is 7.02. The van der Waals surface area contributed by atoms with Gasteiger partial charge in [-0.25, -0.2) is 4.39 Å². The fraction of sp³-hybridized carbons (Fsp3) is 0.148. The van der Waals surface area contributed by atoms with Crippen LogP contribution in [0.15, 0.2) is 70.0 Å². The molecule has 0 aromatic heterocycles. The first-order valence-corrected chi connectivity index (χ1v) is 13.0. The van der Waals surface area contributed by atoms with E-state index < -0.39 is 35.3 Å². The second kappa shape index (κ2) is 12.1. The minimum absolute atomic E-state index is 0.0332. The van der Waals surface area contributed by atoms with Crippen LogP contribution >= 0.6 is 27.7 Å². The summed E-state index contributed by atoms with van der Waals surface area (Å²) in [5.41, 5.74) is 0.135. The lowest BCUT2D eigenvalue weighted by Crippen LogP contribution is -2.36. The van der Waals surface area contributed by atoms with Crippen LogP contribution in [0.2, 0.25) is 0 Å². The number of hydrogen-bond donors (Lipinski definition) is 1. The second-order valence-corrected chi connectivity index (χ2v) is 10.2. The summed E-state index contributed by atoms with van der Waals surface area (Å²) in [6.07, 6.45) is -3.16. The number of nitrogens with zero attached hydrogens (tertiary/aromatic N) is 1. The highest BCUT2D eigenvalue weighted by Gasteiger charge is 2.36. The maximum atomic E-state index is 13.1. The van der Waals surface area contributed by atoms with E-state index in [1.165, 1.54) is 31.4 Å². The number of methoxy groups -OCH3 is 1. The van der Waals surface area contributed by atoms with Gasteiger partial charge >= 0.3 is 6.18 Å². The number of ether oxygens (including phenoxy) is 2. The first kappa shape index (κ1) is 29.2. The molecule has 208 valence electrons. The summed E-state index contributed by atoms with van der Waals surface area (Å²) in [5, 5.41) is 1.57. The highest BCUT2D eigenvalue weighted by molar-refractivity contribution is 9.10. The van der Waals surface area contributed by atoms with Gasteiger partial charge in [0.2, 0.25) is 5.91 Å². The van der Waals surface area contributed by atoms with Gasteiger partial charge in [0.05, 0.1) is 22.1 Å². The molecular weight excluding hydrogens is 620 g/mol. The molecule has 3 amide bonds. The third-order valence-corrected chi connectivity index (χ3v) is 6.99. The van der Waals surface area contributed by atoms with E-state index in [0.717, 1.165) is 23.8 Å². The van der Waals surface area contributed by atoms with Gasteiger partial charge in [-0.15, -0.1) is 0 Å². The first-order chi connectivity index (χ1) is 18.9. The molecule has 3 aromatic rings. The SMILES string of the molecule is COc1cc(/C=C2\SC(=O)N(CC(=O)Nc3cccc(C(F)(F)F)c3)C2=O)cc(Br)c1OCc1ccc(F)cc1. The zero-order valence-corrected chi connectivity index (χ0v) is 23.0. The number of rotatable bonds is 8. The van der Waals surface area contributed by atoms with E-state index >= 15 is 0 Å². The number of benzene rings is 3. The highest BCUT2D eigenvalue weighted by atomic mass is 79.9. The van der Waals surface area contributed by atoms with E-state index in [2.05, 4.69) is 21.2 Å². The Kier molecular flexibility index (Phi) is 8.84. The molecular formula is C27H19BrF4N2O5S. The number of hydrogen-bond acceptors (Lipinski definition) is 6. The zero-order valence-electron chi connectivity index (χ0n) is 20.6. The first-order valence-electron chi connectivity index (χ1n) is 11.4. The molecule has 1 aliphatic rings. The summed E-state index contributed by atoms with van der Waals surface area (Å²) in [7, 11) is 1.42. The van der Waals surface area contributed by atoms with Crippen LogP contribution in [0.4, 0.5) is 28.0 Å². The van der Waals surface area contributed by atoms with Crippen LogP contribution in [0.3, 0.4) is 0 Å². The summed E-state index contributed by atoms with van der Waals surface area (Å²) in [4.78, 5) is 38.5. The molecule has 13 heteroatoms. The Balaban J connectivity index is 1.45.